The number of aryl methyl sites for hydroxylation is 1. The zero-order valence-electron chi connectivity index (χ0n) is 14.6. The van der Waals surface area contributed by atoms with Gasteiger partial charge in [0.25, 0.3) is 6.47 Å². The van der Waals surface area contributed by atoms with Crippen molar-refractivity contribution >= 4 is 6.47 Å². The van der Waals surface area contributed by atoms with Gasteiger partial charge in [0.1, 0.15) is 18.4 Å². The molecule has 1 aromatic carbocycles. The molecule has 0 spiro atoms. The van der Waals surface area contributed by atoms with Gasteiger partial charge in [-0.05, 0) is 37.9 Å². The van der Waals surface area contributed by atoms with Gasteiger partial charge in [-0.15, -0.1) is 10.2 Å². The Hall–Kier alpha value is -2.41. The first-order valence-electron chi connectivity index (χ1n) is 8.54. The lowest BCUT2D eigenvalue weighted by Crippen LogP contribution is -2.39. The molecule has 0 aliphatic carbocycles. The van der Waals surface area contributed by atoms with E-state index in [1.54, 1.807) is 12.7 Å². The molecule has 7 nitrogen and oxygen atoms in total. The zero-order valence-corrected chi connectivity index (χ0v) is 14.6. The van der Waals surface area contributed by atoms with Gasteiger partial charge in [-0.25, -0.2) is 0 Å². The SMILES string of the molecule is Cc1ccccc1OCC1CCCN(CCn2cnnc2)C1.O=CO. The van der Waals surface area contributed by atoms with E-state index in [-0.39, 0.29) is 6.47 Å². The van der Waals surface area contributed by atoms with Crippen LogP contribution >= 0.6 is 0 Å². The molecular weight excluding hydrogens is 320 g/mol. The largest absolute Gasteiger partial charge is 0.493 e. The van der Waals surface area contributed by atoms with Crippen molar-refractivity contribution in [3.05, 3.63) is 42.5 Å². The molecule has 25 heavy (non-hydrogen) atoms. The second kappa shape index (κ2) is 10.5. The second-order valence-electron chi connectivity index (χ2n) is 6.19. The van der Waals surface area contributed by atoms with Crippen LogP contribution in [0.2, 0.25) is 0 Å². The van der Waals surface area contributed by atoms with Crippen molar-refractivity contribution in [2.24, 2.45) is 5.92 Å². The Bertz CT molecular complexity index is 619. The highest BCUT2D eigenvalue weighted by Crippen LogP contribution is 2.21. The van der Waals surface area contributed by atoms with E-state index in [2.05, 4.69) is 40.2 Å². The molecule has 1 unspecified atom stereocenters. The van der Waals surface area contributed by atoms with Crippen LogP contribution in [0.5, 0.6) is 5.75 Å². The highest BCUT2D eigenvalue weighted by Gasteiger charge is 2.20. The zero-order chi connectivity index (χ0) is 17.9. The number of carbonyl (C=O) groups is 1. The van der Waals surface area contributed by atoms with E-state index in [0.717, 1.165) is 32.0 Å². The van der Waals surface area contributed by atoms with Crippen LogP contribution in [-0.2, 0) is 11.3 Å². The Balaban J connectivity index is 0.000000701. The number of ether oxygens (including phenoxy) is 1. The summed E-state index contributed by atoms with van der Waals surface area (Å²) in [5, 5.41) is 14.6. The Labute approximate surface area is 148 Å². The van der Waals surface area contributed by atoms with E-state index in [9.17, 15) is 0 Å². The monoisotopic (exact) mass is 346 g/mol. The molecule has 7 heteroatoms. The maximum absolute atomic E-state index is 8.36. The molecule has 1 N–H and O–H groups in total. The molecule has 0 radical (unpaired) electrons. The molecule has 0 saturated carbocycles. The Morgan fingerprint density at radius 2 is 2.00 bits per heavy atom. The number of nitrogens with zero attached hydrogens (tertiary/aromatic N) is 4. The van der Waals surface area contributed by atoms with E-state index >= 15 is 0 Å². The summed E-state index contributed by atoms with van der Waals surface area (Å²) >= 11 is 0. The molecule has 1 aromatic heterocycles. The van der Waals surface area contributed by atoms with E-state index in [1.165, 1.54) is 24.9 Å². The van der Waals surface area contributed by atoms with Crippen LogP contribution in [0.25, 0.3) is 0 Å². The Morgan fingerprint density at radius 1 is 1.28 bits per heavy atom. The fourth-order valence-electron chi connectivity index (χ4n) is 3.01. The molecular formula is C18H26N4O3. The number of hydrogen-bond acceptors (Lipinski definition) is 5. The summed E-state index contributed by atoms with van der Waals surface area (Å²) < 4.78 is 8.06. The average Bonchev–Trinajstić information content (AvgIpc) is 3.14. The predicted molar refractivity (Wildman–Crippen MR) is 94.6 cm³/mol. The lowest BCUT2D eigenvalue weighted by Gasteiger charge is -2.32. The molecule has 1 fully saturated rings. The fraction of sp³-hybridized carbons (Fsp3) is 0.500. The molecule has 0 amide bonds. The maximum Gasteiger partial charge on any atom is 0.290 e. The van der Waals surface area contributed by atoms with Gasteiger partial charge in [0, 0.05) is 25.6 Å². The van der Waals surface area contributed by atoms with Crippen molar-refractivity contribution in [2.75, 3.05) is 26.2 Å². The lowest BCUT2D eigenvalue weighted by atomic mass is 9.99. The van der Waals surface area contributed by atoms with Gasteiger partial charge < -0.3 is 19.3 Å². The minimum Gasteiger partial charge on any atom is -0.493 e. The first kappa shape index (κ1) is 18.9. The molecule has 1 atom stereocenters. The van der Waals surface area contributed by atoms with Crippen molar-refractivity contribution in [1.82, 2.24) is 19.7 Å². The van der Waals surface area contributed by atoms with Crippen molar-refractivity contribution in [1.29, 1.82) is 0 Å². The summed E-state index contributed by atoms with van der Waals surface area (Å²) in [7, 11) is 0. The predicted octanol–water partition coefficient (Wildman–Crippen LogP) is 2.08. The van der Waals surface area contributed by atoms with Crippen molar-refractivity contribution in [2.45, 2.75) is 26.3 Å². The van der Waals surface area contributed by atoms with Gasteiger partial charge >= 0.3 is 0 Å². The van der Waals surface area contributed by atoms with Crippen LogP contribution in [0, 0.1) is 12.8 Å². The summed E-state index contributed by atoms with van der Waals surface area (Å²) in [4.78, 5) is 10.9. The summed E-state index contributed by atoms with van der Waals surface area (Å²) in [6.45, 7) is 6.98. The van der Waals surface area contributed by atoms with Gasteiger partial charge in [-0.3, -0.25) is 4.79 Å². The number of benzene rings is 1. The van der Waals surface area contributed by atoms with Crippen molar-refractivity contribution in [3.8, 4) is 5.75 Å². The smallest absolute Gasteiger partial charge is 0.290 e. The number of likely N-dealkylation sites (tertiary alicyclic amines) is 1. The first-order valence-corrected chi connectivity index (χ1v) is 8.54. The number of aromatic nitrogens is 3. The standard InChI is InChI=1S/C17H24N4O.CH2O2/c1-15-5-2-3-7-17(15)22-12-16-6-4-8-20(11-16)9-10-21-13-18-19-14-21;2-1-3/h2-3,5,7,13-14,16H,4,6,8-12H2,1H3;1H,(H,2,3). The lowest BCUT2D eigenvalue weighted by molar-refractivity contribution is -0.122. The van der Waals surface area contributed by atoms with Crippen LogP contribution in [0.1, 0.15) is 18.4 Å². The molecule has 2 aromatic rings. The molecule has 0 bridgehead atoms. The quantitative estimate of drug-likeness (QED) is 0.807. The molecule has 1 aliphatic rings. The Kier molecular flexibility index (Phi) is 7.91. The minimum absolute atomic E-state index is 0.250. The number of hydrogen-bond donors (Lipinski definition) is 1. The van der Waals surface area contributed by atoms with Crippen LogP contribution in [0.4, 0.5) is 0 Å². The summed E-state index contributed by atoms with van der Waals surface area (Å²) in [6.07, 6.45) is 6.07. The van der Waals surface area contributed by atoms with Crippen molar-refractivity contribution < 1.29 is 14.6 Å². The van der Waals surface area contributed by atoms with Gasteiger partial charge in [0.05, 0.1) is 6.61 Å². The average molecular weight is 346 g/mol. The topological polar surface area (TPSA) is 80.5 Å². The van der Waals surface area contributed by atoms with Gasteiger partial charge in [-0.1, -0.05) is 18.2 Å². The molecule has 136 valence electrons. The van der Waals surface area contributed by atoms with Gasteiger partial charge in [-0.2, -0.15) is 0 Å². The van der Waals surface area contributed by atoms with Gasteiger partial charge in [0.15, 0.2) is 0 Å². The number of rotatable bonds is 6. The number of carboxylic acid groups (broad SMARTS) is 1. The molecule has 1 saturated heterocycles. The highest BCUT2D eigenvalue weighted by molar-refractivity contribution is 5.32. The summed E-state index contributed by atoms with van der Waals surface area (Å²) in [6, 6.07) is 8.24. The molecule has 2 heterocycles. The number of para-hydroxylation sites is 1. The van der Waals surface area contributed by atoms with Crippen molar-refractivity contribution in [3.63, 3.8) is 0 Å². The summed E-state index contributed by atoms with van der Waals surface area (Å²) in [5.41, 5.74) is 1.21. The first-order chi connectivity index (χ1) is 12.2. The van der Waals surface area contributed by atoms with E-state index in [4.69, 9.17) is 14.6 Å². The Morgan fingerprint density at radius 3 is 2.72 bits per heavy atom. The van der Waals surface area contributed by atoms with Crippen LogP contribution in [0.15, 0.2) is 36.9 Å². The molecule has 3 rings (SSSR count). The third-order valence-corrected chi connectivity index (χ3v) is 4.31. The summed E-state index contributed by atoms with van der Waals surface area (Å²) in [5.74, 6) is 1.64. The normalized spacial score (nSPS) is 17.4. The van der Waals surface area contributed by atoms with Crippen LogP contribution in [0.3, 0.4) is 0 Å². The van der Waals surface area contributed by atoms with Gasteiger partial charge in [0.2, 0.25) is 0 Å². The highest BCUT2D eigenvalue weighted by atomic mass is 16.5. The molecule has 1 aliphatic heterocycles. The van der Waals surface area contributed by atoms with Crippen LogP contribution in [-0.4, -0.2) is 57.5 Å². The van der Waals surface area contributed by atoms with E-state index < -0.39 is 0 Å². The minimum atomic E-state index is -0.250. The fourth-order valence-corrected chi connectivity index (χ4v) is 3.01. The van der Waals surface area contributed by atoms with E-state index in [1.807, 2.05) is 10.6 Å². The third-order valence-electron chi connectivity index (χ3n) is 4.31. The van der Waals surface area contributed by atoms with Crippen LogP contribution < -0.4 is 4.74 Å². The third kappa shape index (κ3) is 6.54. The van der Waals surface area contributed by atoms with E-state index in [0.29, 0.717) is 5.92 Å². The number of piperidine rings is 1. The second-order valence-corrected chi connectivity index (χ2v) is 6.19. The maximum atomic E-state index is 8.36.